The number of carboxylic acids is 1. The van der Waals surface area contributed by atoms with Gasteiger partial charge in [-0.15, -0.1) is 0 Å². The number of pyridine rings is 1. The summed E-state index contributed by atoms with van der Waals surface area (Å²) in [6, 6.07) is 17.7. The summed E-state index contributed by atoms with van der Waals surface area (Å²) < 4.78 is 11.8. The molecule has 0 aliphatic carbocycles. The van der Waals surface area contributed by atoms with Gasteiger partial charge in [0.15, 0.2) is 0 Å². The van der Waals surface area contributed by atoms with E-state index in [0.717, 1.165) is 45.8 Å². The fraction of sp³-hybridized carbons (Fsp3) is 0.333. The van der Waals surface area contributed by atoms with Crippen LogP contribution < -0.4 is 9.47 Å². The predicted molar refractivity (Wildman–Crippen MR) is 130 cm³/mol. The molecule has 0 aliphatic rings. The molecule has 3 rings (SSSR count). The van der Waals surface area contributed by atoms with E-state index in [9.17, 15) is 4.79 Å². The van der Waals surface area contributed by atoms with Crippen LogP contribution in [-0.2, 0) is 17.8 Å². The second-order valence-electron chi connectivity index (χ2n) is 8.44. The molecule has 0 aliphatic heterocycles. The zero-order chi connectivity index (χ0) is 23.8. The van der Waals surface area contributed by atoms with Crippen molar-refractivity contribution in [3.05, 3.63) is 76.9 Å². The van der Waals surface area contributed by atoms with Crippen molar-refractivity contribution in [3.8, 4) is 22.9 Å². The smallest absolute Gasteiger partial charge is 0.303 e. The molecule has 0 saturated carbocycles. The molecule has 1 aromatic heterocycles. The van der Waals surface area contributed by atoms with Crippen LogP contribution in [0, 0.1) is 13.8 Å². The Hall–Kier alpha value is -3.38. The van der Waals surface area contributed by atoms with Crippen LogP contribution in [0.4, 0.5) is 0 Å². The van der Waals surface area contributed by atoms with Crippen molar-refractivity contribution in [1.82, 2.24) is 9.88 Å². The molecule has 2 aromatic carbocycles. The normalized spacial score (nSPS) is 10.9. The predicted octanol–water partition coefficient (Wildman–Crippen LogP) is 4.90. The van der Waals surface area contributed by atoms with E-state index >= 15 is 0 Å². The average Bonchev–Trinajstić information content (AvgIpc) is 2.76. The number of benzene rings is 2. The number of hydrogen-bond acceptors (Lipinski definition) is 5. The van der Waals surface area contributed by atoms with Gasteiger partial charge >= 0.3 is 5.97 Å². The molecule has 1 heterocycles. The van der Waals surface area contributed by atoms with Crippen LogP contribution in [-0.4, -0.2) is 48.2 Å². The first-order valence-electron chi connectivity index (χ1n) is 11.1. The molecule has 0 spiro atoms. The summed E-state index contributed by atoms with van der Waals surface area (Å²) in [5, 5.41) is 8.81. The lowest BCUT2D eigenvalue weighted by Crippen LogP contribution is -2.19. The Morgan fingerprint density at radius 2 is 1.64 bits per heavy atom. The summed E-state index contributed by atoms with van der Waals surface area (Å²) in [6.07, 6.45) is 0.660. The van der Waals surface area contributed by atoms with Crippen LogP contribution in [0.3, 0.4) is 0 Å². The van der Waals surface area contributed by atoms with E-state index in [2.05, 4.69) is 30.9 Å². The molecule has 6 heteroatoms. The number of aliphatic carboxylic acids is 1. The van der Waals surface area contributed by atoms with Crippen molar-refractivity contribution in [2.75, 3.05) is 27.2 Å². The van der Waals surface area contributed by atoms with Crippen LogP contribution in [0.15, 0.2) is 54.6 Å². The number of likely N-dealkylation sites (N-methyl/N-ethyl adjacent to an activating group) is 1. The van der Waals surface area contributed by atoms with Crippen molar-refractivity contribution in [3.63, 3.8) is 0 Å². The number of ether oxygens (including phenoxy) is 2. The van der Waals surface area contributed by atoms with Gasteiger partial charge in [-0.1, -0.05) is 30.3 Å². The summed E-state index contributed by atoms with van der Waals surface area (Å²) in [6.45, 7) is 6.05. The maximum absolute atomic E-state index is 10.7. The van der Waals surface area contributed by atoms with Crippen molar-refractivity contribution < 1.29 is 19.4 Å². The molecule has 0 saturated heterocycles. The zero-order valence-corrected chi connectivity index (χ0v) is 19.8. The molecule has 6 nitrogen and oxygen atoms in total. The van der Waals surface area contributed by atoms with E-state index in [1.165, 1.54) is 0 Å². The minimum atomic E-state index is -0.787. The average molecular weight is 449 g/mol. The monoisotopic (exact) mass is 448 g/mol. The Morgan fingerprint density at radius 3 is 2.27 bits per heavy atom. The second-order valence-corrected chi connectivity index (χ2v) is 8.44. The highest BCUT2D eigenvalue weighted by molar-refractivity contribution is 5.69. The van der Waals surface area contributed by atoms with E-state index in [1.807, 2.05) is 56.6 Å². The van der Waals surface area contributed by atoms with Crippen LogP contribution >= 0.6 is 0 Å². The van der Waals surface area contributed by atoms with Crippen molar-refractivity contribution in [2.45, 2.75) is 33.3 Å². The van der Waals surface area contributed by atoms with Crippen LogP contribution in [0.2, 0.25) is 0 Å². The third kappa shape index (κ3) is 7.32. The highest BCUT2D eigenvalue weighted by Crippen LogP contribution is 2.31. The lowest BCUT2D eigenvalue weighted by molar-refractivity contribution is -0.136. The van der Waals surface area contributed by atoms with Crippen molar-refractivity contribution in [2.24, 2.45) is 0 Å². The van der Waals surface area contributed by atoms with E-state index in [-0.39, 0.29) is 6.42 Å². The summed E-state index contributed by atoms with van der Waals surface area (Å²) in [5.41, 5.74) is 6.18. The molecule has 0 unspecified atom stereocenters. The molecule has 3 aromatic rings. The van der Waals surface area contributed by atoms with Gasteiger partial charge in [-0.25, -0.2) is 4.98 Å². The van der Waals surface area contributed by atoms with Crippen LogP contribution in [0.1, 0.15) is 28.7 Å². The van der Waals surface area contributed by atoms with Gasteiger partial charge in [0.25, 0.3) is 0 Å². The highest BCUT2D eigenvalue weighted by atomic mass is 16.5. The van der Waals surface area contributed by atoms with E-state index < -0.39 is 5.97 Å². The van der Waals surface area contributed by atoms with Gasteiger partial charge in [0, 0.05) is 24.6 Å². The molecule has 174 valence electrons. The lowest BCUT2D eigenvalue weighted by Gasteiger charge is -2.15. The molecular formula is C27H32N2O4. The molecular weight excluding hydrogens is 416 g/mol. The number of nitrogens with zero attached hydrogens (tertiary/aromatic N) is 2. The Kier molecular flexibility index (Phi) is 8.44. The molecule has 0 radical (unpaired) electrons. The highest BCUT2D eigenvalue weighted by Gasteiger charge is 2.11. The molecule has 0 atom stereocenters. The standard InChI is InChI=1S/C27H32N2O4/c1-19-16-23(32-15-14-29(3)4)17-20(2)27(19)24-6-5-7-25(28-24)33-18-22-10-8-21(9-11-22)12-13-26(30)31/h5-11,16-17H,12-15,18H2,1-4H3,(H,30,31). The van der Waals surface area contributed by atoms with Gasteiger partial charge in [0.1, 0.15) is 19.0 Å². The Bertz CT molecular complexity index is 1050. The number of rotatable bonds is 11. The molecule has 0 bridgehead atoms. The van der Waals surface area contributed by atoms with Gasteiger partial charge in [0.05, 0.1) is 5.69 Å². The third-order valence-electron chi connectivity index (χ3n) is 5.33. The number of carbonyl (C=O) groups is 1. The van der Waals surface area contributed by atoms with E-state index in [0.29, 0.717) is 25.5 Å². The number of aryl methyl sites for hydroxylation is 3. The molecule has 33 heavy (non-hydrogen) atoms. The summed E-state index contributed by atoms with van der Waals surface area (Å²) in [5.74, 6) is 0.646. The zero-order valence-electron chi connectivity index (χ0n) is 19.8. The Morgan fingerprint density at radius 1 is 0.970 bits per heavy atom. The maximum atomic E-state index is 10.7. The largest absolute Gasteiger partial charge is 0.492 e. The van der Waals surface area contributed by atoms with E-state index in [1.54, 1.807) is 0 Å². The number of hydrogen-bond donors (Lipinski definition) is 1. The third-order valence-corrected chi connectivity index (χ3v) is 5.33. The first-order chi connectivity index (χ1) is 15.8. The fourth-order valence-electron chi connectivity index (χ4n) is 3.60. The topological polar surface area (TPSA) is 71.9 Å². The summed E-state index contributed by atoms with van der Waals surface area (Å²) in [7, 11) is 4.06. The van der Waals surface area contributed by atoms with Crippen LogP contribution in [0.25, 0.3) is 11.3 Å². The maximum Gasteiger partial charge on any atom is 0.303 e. The minimum absolute atomic E-state index is 0.134. The quantitative estimate of drug-likeness (QED) is 0.450. The number of carboxylic acid groups (broad SMARTS) is 1. The summed E-state index contributed by atoms with van der Waals surface area (Å²) >= 11 is 0. The van der Waals surface area contributed by atoms with Crippen LogP contribution in [0.5, 0.6) is 11.6 Å². The van der Waals surface area contributed by atoms with Gasteiger partial charge < -0.3 is 19.5 Å². The van der Waals surface area contributed by atoms with E-state index in [4.69, 9.17) is 19.6 Å². The van der Waals surface area contributed by atoms with Crippen molar-refractivity contribution in [1.29, 1.82) is 0 Å². The van der Waals surface area contributed by atoms with Gasteiger partial charge in [0.2, 0.25) is 5.88 Å². The van der Waals surface area contributed by atoms with Crippen molar-refractivity contribution >= 4 is 5.97 Å². The SMILES string of the molecule is Cc1cc(OCCN(C)C)cc(C)c1-c1cccc(OCc2ccc(CCC(=O)O)cc2)n1. The van der Waals surface area contributed by atoms with Gasteiger partial charge in [-0.05, 0) is 74.8 Å². The number of aromatic nitrogens is 1. The molecule has 0 amide bonds. The first-order valence-corrected chi connectivity index (χ1v) is 11.1. The Balaban J connectivity index is 1.66. The Labute approximate surface area is 195 Å². The van der Waals surface area contributed by atoms with Gasteiger partial charge in [-0.2, -0.15) is 0 Å². The van der Waals surface area contributed by atoms with Gasteiger partial charge in [-0.3, -0.25) is 4.79 Å². The molecule has 1 N–H and O–H groups in total. The molecule has 0 fully saturated rings. The minimum Gasteiger partial charge on any atom is -0.492 e. The summed E-state index contributed by atoms with van der Waals surface area (Å²) in [4.78, 5) is 17.5. The fourth-order valence-corrected chi connectivity index (χ4v) is 3.60. The lowest BCUT2D eigenvalue weighted by atomic mass is 9.99. The second kappa shape index (κ2) is 11.5. The first kappa shape index (κ1) is 24.3.